The van der Waals surface area contributed by atoms with Gasteiger partial charge in [-0.1, -0.05) is 23.7 Å². The van der Waals surface area contributed by atoms with E-state index in [1.54, 1.807) is 36.4 Å². The van der Waals surface area contributed by atoms with E-state index < -0.39 is 0 Å². The highest BCUT2D eigenvalue weighted by Crippen LogP contribution is 2.10. The number of anilines is 1. The first kappa shape index (κ1) is 16.0. The fourth-order valence-corrected chi connectivity index (χ4v) is 2.00. The van der Waals surface area contributed by atoms with Crippen LogP contribution in [0.3, 0.4) is 0 Å². The zero-order chi connectivity index (χ0) is 15.9. The van der Waals surface area contributed by atoms with Crippen LogP contribution in [0.15, 0.2) is 48.5 Å². The zero-order valence-electron chi connectivity index (χ0n) is 12.2. The minimum Gasteiger partial charge on any atom is -0.376 e. The molecule has 2 aromatic carbocycles. The SMILES string of the molecule is CC(=O)c1ccc(NCC(=O)NCc2ccc(Cl)cc2)cc1. The second-order valence-electron chi connectivity index (χ2n) is 4.89. The molecule has 1 amide bonds. The zero-order valence-corrected chi connectivity index (χ0v) is 13.0. The van der Waals surface area contributed by atoms with Gasteiger partial charge in [-0.3, -0.25) is 9.59 Å². The van der Waals surface area contributed by atoms with E-state index in [4.69, 9.17) is 11.6 Å². The molecule has 4 nitrogen and oxygen atoms in total. The number of nitrogens with one attached hydrogen (secondary N) is 2. The smallest absolute Gasteiger partial charge is 0.239 e. The van der Waals surface area contributed by atoms with E-state index >= 15 is 0 Å². The standard InChI is InChI=1S/C17H17ClN2O2/c1-12(21)14-4-8-16(9-5-14)19-11-17(22)20-10-13-2-6-15(18)7-3-13/h2-9,19H,10-11H2,1H3,(H,20,22). The normalized spacial score (nSPS) is 10.1. The van der Waals surface area contributed by atoms with Gasteiger partial charge in [-0.15, -0.1) is 0 Å². The van der Waals surface area contributed by atoms with Crippen LogP contribution in [0.5, 0.6) is 0 Å². The first-order chi connectivity index (χ1) is 10.5. The van der Waals surface area contributed by atoms with Crippen LogP contribution in [0.25, 0.3) is 0 Å². The Kier molecular flexibility index (Phi) is 5.55. The Labute approximate surface area is 134 Å². The highest BCUT2D eigenvalue weighted by molar-refractivity contribution is 6.30. The minimum atomic E-state index is -0.106. The van der Waals surface area contributed by atoms with Gasteiger partial charge in [0, 0.05) is 22.8 Å². The van der Waals surface area contributed by atoms with Gasteiger partial charge >= 0.3 is 0 Å². The molecule has 0 bridgehead atoms. The van der Waals surface area contributed by atoms with Gasteiger partial charge in [0.1, 0.15) is 0 Å². The molecule has 0 saturated carbocycles. The number of hydrogen-bond acceptors (Lipinski definition) is 3. The van der Waals surface area contributed by atoms with E-state index in [0.717, 1.165) is 11.3 Å². The molecular weight excluding hydrogens is 300 g/mol. The molecule has 5 heteroatoms. The van der Waals surface area contributed by atoms with Gasteiger partial charge in [0.25, 0.3) is 0 Å². The molecule has 0 fully saturated rings. The summed E-state index contributed by atoms with van der Waals surface area (Å²) in [4.78, 5) is 22.9. The van der Waals surface area contributed by atoms with Crippen molar-refractivity contribution in [2.24, 2.45) is 0 Å². The molecule has 22 heavy (non-hydrogen) atoms. The van der Waals surface area contributed by atoms with Crippen molar-refractivity contribution in [3.63, 3.8) is 0 Å². The quantitative estimate of drug-likeness (QED) is 0.804. The Hall–Kier alpha value is -2.33. The molecule has 0 atom stereocenters. The lowest BCUT2D eigenvalue weighted by Gasteiger charge is -2.08. The Morgan fingerprint density at radius 3 is 2.23 bits per heavy atom. The van der Waals surface area contributed by atoms with E-state index in [2.05, 4.69) is 10.6 Å². The van der Waals surface area contributed by atoms with E-state index in [9.17, 15) is 9.59 Å². The molecule has 114 valence electrons. The minimum absolute atomic E-state index is 0.0206. The van der Waals surface area contributed by atoms with Gasteiger partial charge < -0.3 is 10.6 Å². The highest BCUT2D eigenvalue weighted by Gasteiger charge is 2.03. The van der Waals surface area contributed by atoms with E-state index in [1.807, 2.05) is 12.1 Å². The third-order valence-electron chi connectivity index (χ3n) is 3.15. The topological polar surface area (TPSA) is 58.2 Å². The summed E-state index contributed by atoms with van der Waals surface area (Å²) in [6.45, 7) is 2.15. The second-order valence-corrected chi connectivity index (χ2v) is 5.33. The number of ketones is 1. The number of benzene rings is 2. The Balaban J connectivity index is 1.77. The van der Waals surface area contributed by atoms with Crippen LogP contribution in [-0.4, -0.2) is 18.2 Å². The third-order valence-corrected chi connectivity index (χ3v) is 3.40. The van der Waals surface area contributed by atoms with Crippen LogP contribution in [0.1, 0.15) is 22.8 Å². The van der Waals surface area contributed by atoms with Gasteiger partial charge in [0.15, 0.2) is 5.78 Å². The van der Waals surface area contributed by atoms with Crippen LogP contribution in [0.4, 0.5) is 5.69 Å². The van der Waals surface area contributed by atoms with Crippen molar-refractivity contribution >= 4 is 29.0 Å². The summed E-state index contributed by atoms with van der Waals surface area (Å²) in [6.07, 6.45) is 0. The summed E-state index contributed by atoms with van der Waals surface area (Å²) < 4.78 is 0. The molecule has 0 spiro atoms. The predicted octanol–water partition coefficient (Wildman–Crippen LogP) is 3.27. The van der Waals surface area contributed by atoms with Gasteiger partial charge in [-0.25, -0.2) is 0 Å². The Morgan fingerprint density at radius 1 is 1.00 bits per heavy atom. The van der Waals surface area contributed by atoms with Crippen molar-refractivity contribution in [3.8, 4) is 0 Å². The first-order valence-corrected chi connectivity index (χ1v) is 7.28. The van der Waals surface area contributed by atoms with Crippen LogP contribution >= 0.6 is 11.6 Å². The van der Waals surface area contributed by atoms with Crippen molar-refractivity contribution in [1.82, 2.24) is 5.32 Å². The van der Waals surface area contributed by atoms with Crippen molar-refractivity contribution in [2.45, 2.75) is 13.5 Å². The lowest BCUT2D eigenvalue weighted by atomic mass is 10.1. The molecule has 0 heterocycles. The number of Topliss-reactive ketones (excluding diaryl/α,β-unsaturated/α-hetero) is 1. The van der Waals surface area contributed by atoms with Gasteiger partial charge in [0.05, 0.1) is 6.54 Å². The lowest BCUT2D eigenvalue weighted by Crippen LogP contribution is -2.29. The summed E-state index contributed by atoms with van der Waals surface area (Å²) in [5.41, 5.74) is 2.44. The van der Waals surface area contributed by atoms with Crippen LogP contribution in [-0.2, 0) is 11.3 Å². The highest BCUT2D eigenvalue weighted by atomic mass is 35.5. The number of carbonyl (C=O) groups is 2. The third kappa shape index (κ3) is 4.90. The number of hydrogen-bond donors (Lipinski definition) is 2. The molecular formula is C17H17ClN2O2. The van der Waals surface area contributed by atoms with E-state index in [-0.39, 0.29) is 18.2 Å². The summed E-state index contributed by atoms with van der Waals surface area (Å²) >= 11 is 5.80. The fourth-order valence-electron chi connectivity index (χ4n) is 1.87. The van der Waals surface area contributed by atoms with Crippen molar-refractivity contribution in [2.75, 3.05) is 11.9 Å². The van der Waals surface area contributed by atoms with E-state index in [0.29, 0.717) is 17.1 Å². The fraction of sp³-hybridized carbons (Fsp3) is 0.176. The Bertz CT molecular complexity index is 651. The maximum absolute atomic E-state index is 11.8. The van der Waals surface area contributed by atoms with Gasteiger partial charge in [-0.2, -0.15) is 0 Å². The van der Waals surface area contributed by atoms with Crippen molar-refractivity contribution < 1.29 is 9.59 Å². The summed E-state index contributed by atoms with van der Waals surface area (Å²) in [6, 6.07) is 14.3. The number of halogens is 1. The molecule has 2 N–H and O–H groups in total. The van der Waals surface area contributed by atoms with Crippen molar-refractivity contribution in [1.29, 1.82) is 0 Å². The number of carbonyl (C=O) groups excluding carboxylic acids is 2. The maximum atomic E-state index is 11.8. The molecule has 0 aliphatic heterocycles. The van der Waals surface area contributed by atoms with Gasteiger partial charge in [-0.05, 0) is 48.9 Å². The lowest BCUT2D eigenvalue weighted by molar-refractivity contribution is -0.119. The summed E-state index contributed by atoms with van der Waals surface area (Å²) in [7, 11) is 0. The molecule has 2 aromatic rings. The number of rotatable bonds is 6. The van der Waals surface area contributed by atoms with Crippen LogP contribution < -0.4 is 10.6 Å². The molecule has 0 unspecified atom stereocenters. The van der Waals surface area contributed by atoms with Crippen molar-refractivity contribution in [3.05, 3.63) is 64.7 Å². The molecule has 0 radical (unpaired) electrons. The molecule has 2 rings (SSSR count). The monoisotopic (exact) mass is 316 g/mol. The average Bonchev–Trinajstić information content (AvgIpc) is 2.52. The Morgan fingerprint density at radius 2 is 1.64 bits per heavy atom. The predicted molar refractivity (Wildman–Crippen MR) is 88.2 cm³/mol. The van der Waals surface area contributed by atoms with Crippen LogP contribution in [0.2, 0.25) is 5.02 Å². The first-order valence-electron chi connectivity index (χ1n) is 6.90. The molecule has 0 aliphatic carbocycles. The van der Waals surface area contributed by atoms with E-state index in [1.165, 1.54) is 6.92 Å². The summed E-state index contributed by atoms with van der Waals surface area (Å²) in [5.74, 6) is -0.0853. The van der Waals surface area contributed by atoms with Gasteiger partial charge in [0.2, 0.25) is 5.91 Å². The van der Waals surface area contributed by atoms with Crippen LogP contribution in [0, 0.1) is 0 Å². The molecule has 0 aliphatic rings. The summed E-state index contributed by atoms with van der Waals surface area (Å²) in [5, 5.41) is 6.50. The second kappa shape index (κ2) is 7.61. The number of amides is 1. The average molecular weight is 317 g/mol. The molecule has 0 aromatic heterocycles. The molecule has 0 saturated heterocycles. The maximum Gasteiger partial charge on any atom is 0.239 e. The largest absolute Gasteiger partial charge is 0.376 e.